The number of carbonyl (C=O) groups is 2. The predicted octanol–water partition coefficient (Wildman–Crippen LogP) is 2.63. The number of fused-ring (bicyclic) bond motifs is 1. The minimum absolute atomic E-state index is 0.0257. The number of rotatable bonds is 2. The van der Waals surface area contributed by atoms with Crippen LogP contribution in [0.15, 0.2) is 47.4 Å². The molecule has 2 heterocycles. The second kappa shape index (κ2) is 6.90. The highest BCUT2D eigenvalue weighted by molar-refractivity contribution is 6.04. The van der Waals surface area contributed by atoms with Crippen LogP contribution in [0.4, 0.5) is 24.5 Å². The summed E-state index contributed by atoms with van der Waals surface area (Å²) < 4.78 is 39.4. The number of alkyl halides is 3. The Morgan fingerprint density at radius 1 is 1.19 bits per heavy atom. The van der Waals surface area contributed by atoms with Crippen LogP contribution < -0.4 is 15.8 Å². The SMILES string of the molecule is C[C@H]1CC(=O)Nc2ccccc2N1C(=O)Cn1cc(C(F)(F)F)ccc1=O. The van der Waals surface area contributed by atoms with Crippen LogP contribution in [-0.2, 0) is 22.3 Å². The van der Waals surface area contributed by atoms with Crippen LogP contribution in [-0.4, -0.2) is 22.4 Å². The van der Waals surface area contributed by atoms with Crippen molar-refractivity contribution in [2.24, 2.45) is 0 Å². The first-order valence-corrected chi connectivity index (χ1v) is 8.15. The summed E-state index contributed by atoms with van der Waals surface area (Å²) in [5.74, 6) is -0.866. The first-order valence-electron chi connectivity index (χ1n) is 8.15. The molecular weight excluding hydrogens is 363 g/mol. The predicted molar refractivity (Wildman–Crippen MR) is 92.3 cm³/mol. The van der Waals surface area contributed by atoms with Gasteiger partial charge in [-0.05, 0) is 25.1 Å². The van der Waals surface area contributed by atoms with E-state index in [1.807, 2.05) is 0 Å². The van der Waals surface area contributed by atoms with E-state index in [1.54, 1.807) is 31.2 Å². The van der Waals surface area contributed by atoms with Gasteiger partial charge in [-0.25, -0.2) is 0 Å². The van der Waals surface area contributed by atoms with Gasteiger partial charge < -0.3 is 14.8 Å². The first-order chi connectivity index (χ1) is 12.7. The molecule has 3 rings (SSSR count). The zero-order chi connectivity index (χ0) is 19.8. The van der Waals surface area contributed by atoms with Crippen LogP contribution in [0.1, 0.15) is 18.9 Å². The molecule has 2 amide bonds. The molecule has 0 bridgehead atoms. The van der Waals surface area contributed by atoms with Crippen LogP contribution in [0.2, 0.25) is 0 Å². The second-order valence-corrected chi connectivity index (χ2v) is 6.26. The molecule has 2 aromatic rings. The van der Waals surface area contributed by atoms with Crippen LogP contribution in [0, 0.1) is 0 Å². The van der Waals surface area contributed by atoms with Gasteiger partial charge in [-0.1, -0.05) is 12.1 Å². The number of hydrogen-bond acceptors (Lipinski definition) is 3. The second-order valence-electron chi connectivity index (χ2n) is 6.26. The highest BCUT2D eigenvalue weighted by atomic mass is 19.4. The van der Waals surface area contributed by atoms with E-state index in [2.05, 4.69) is 5.32 Å². The summed E-state index contributed by atoms with van der Waals surface area (Å²) in [6, 6.07) is 7.56. The Morgan fingerprint density at radius 2 is 1.89 bits per heavy atom. The van der Waals surface area contributed by atoms with Gasteiger partial charge in [0.15, 0.2) is 0 Å². The standard InChI is InChI=1S/C18H16F3N3O3/c1-11-8-15(25)22-13-4-2-3-5-14(13)24(11)17(27)10-23-9-12(18(19,20)21)6-7-16(23)26/h2-7,9,11H,8,10H2,1H3,(H,22,25)/t11-/m0/s1. The van der Waals surface area contributed by atoms with Gasteiger partial charge in [0.25, 0.3) is 5.56 Å². The number of para-hydroxylation sites is 2. The lowest BCUT2D eigenvalue weighted by atomic mass is 10.1. The maximum Gasteiger partial charge on any atom is 0.417 e. The molecule has 6 nitrogen and oxygen atoms in total. The van der Waals surface area contributed by atoms with Crippen molar-refractivity contribution in [1.82, 2.24) is 4.57 Å². The Kier molecular flexibility index (Phi) is 4.77. The Morgan fingerprint density at radius 3 is 2.59 bits per heavy atom. The number of aromatic nitrogens is 1. The van der Waals surface area contributed by atoms with Crippen LogP contribution >= 0.6 is 0 Å². The highest BCUT2D eigenvalue weighted by Crippen LogP contribution is 2.32. The van der Waals surface area contributed by atoms with E-state index in [9.17, 15) is 27.6 Å². The fourth-order valence-electron chi connectivity index (χ4n) is 3.01. The zero-order valence-corrected chi connectivity index (χ0v) is 14.3. The summed E-state index contributed by atoms with van der Waals surface area (Å²) >= 11 is 0. The van der Waals surface area contributed by atoms with Crippen molar-refractivity contribution in [3.05, 3.63) is 58.5 Å². The minimum atomic E-state index is -4.63. The lowest BCUT2D eigenvalue weighted by Gasteiger charge is -2.28. The normalized spacial score (nSPS) is 17.1. The molecule has 0 spiro atoms. The van der Waals surface area contributed by atoms with E-state index in [-0.39, 0.29) is 12.3 Å². The molecule has 1 aromatic heterocycles. The molecule has 142 valence electrons. The third kappa shape index (κ3) is 3.86. The molecule has 9 heteroatoms. The summed E-state index contributed by atoms with van der Waals surface area (Å²) in [4.78, 5) is 38.1. The molecule has 0 aliphatic carbocycles. The molecule has 1 N–H and O–H groups in total. The van der Waals surface area contributed by atoms with Crippen molar-refractivity contribution in [2.75, 3.05) is 10.2 Å². The molecule has 0 fully saturated rings. The third-order valence-corrected chi connectivity index (χ3v) is 4.24. The van der Waals surface area contributed by atoms with Gasteiger partial charge in [-0.2, -0.15) is 13.2 Å². The quantitative estimate of drug-likeness (QED) is 0.872. The van der Waals surface area contributed by atoms with Gasteiger partial charge in [0, 0.05) is 24.7 Å². The average molecular weight is 379 g/mol. The highest BCUT2D eigenvalue weighted by Gasteiger charge is 2.32. The minimum Gasteiger partial charge on any atom is -0.324 e. The van der Waals surface area contributed by atoms with E-state index in [1.165, 1.54) is 4.90 Å². The molecule has 27 heavy (non-hydrogen) atoms. The molecule has 0 saturated heterocycles. The average Bonchev–Trinajstić information content (AvgIpc) is 2.69. The van der Waals surface area contributed by atoms with Gasteiger partial charge >= 0.3 is 6.18 Å². The van der Waals surface area contributed by atoms with Gasteiger partial charge in [-0.3, -0.25) is 14.4 Å². The topological polar surface area (TPSA) is 71.4 Å². The molecule has 1 aliphatic heterocycles. The summed E-state index contributed by atoms with van der Waals surface area (Å²) in [7, 11) is 0. The fourth-order valence-corrected chi connectivity index (χ4v) is 3.01. The maximum absolute atomic E-state index is 12.9. The molecule has 0 radical (unpaired) electrons. The monoisotopic (exact) mass is 379 g/mol. The van der Waals surface area contributed by atoms with Crippen LogP contribution in [0.3, 0.4) is 0 Å². The van der Waals surface area contributed by atoms with E-state index in [4.69, 9.17) is 0 Å². The number of halogens is 3. The number of nitrogens with one attached hydrogen (secondary N) is 1. The summed E-state index contributed by atoms with van der Waals surface area (Å²) in [6.45, 7) is 1.09. The van der Waals surface area contributed by atoms with Crippen molar-refractivity contribution in [3.8, 4) is 0 Å². The Hall–Kier alpha value is -3.10. The smallest absolute Gasteiger partial charge is 0.324 e. The van der Waals surface area contributed by atoms with Crippen molar-refractivity contribution in [3.63, 3.8) is 0 Å². The van der Waals surface area contributed by atoms with Gasteiger partial charge in [0.05, 0.1) is 16.9 Å². The number of pyridine rings is 1. The van der Waals surface area contributed by atoms with E-state index < -0.39 is 35.8 Å². The van der Waals surface area contributed by atoms with Crippen molar-refractivity contribution in [1.29, 1.82) is 0 Å². The molecule has 1 atom stereocenters. The molecule has 0 unspecified atom stereocenters. The molecule has 0 saturated carbocycles. The lowest BCUT2D eigenvalue weighted by Crippen LogP contribution is -2.42. The van der Waals surface area contributed by atoms with Gasteiger partial charge in [-0.15, -0.1) is 0 Å². The van der Waals surface area contributed by atoms with Gasteiger partial charge in [0.2, 0.25) is 11.8 Å². The lowest BCUT2D eigenvalue weighted by molar-refractivity contribution is -0.138. The number of anilines is 2. The summed E-state index contributed by atoms with van der Waals surface area (Å²) in [5, 5.41) is 2.69. The van der Waals surface area contributed by atoms with E-state index in [0.29, 0.717) is 23.6 Å². The zero-order valence-electron chi connectivity index (χ0n) is 14.3. The third-order valence-electron chi connectivity index (χ3n) is 4.24. The number of nitrogens with zero attached hydrogens (tertiary/aromatic N) is 2. The Balaban J connectivity index is 1.97. The van der Waals surface area contributed by atoms with Crippen molar-refractivity contribution >= 4 is 23.2 Å². The van der Waals surface area contributed by atoms with Crippen LogP contribution in [0.25, 0.3) is 0 Å². The number of benzene rings is 1. The molecule has 1 aliphatic rings. The largest absolute Gasteiger partial charge is 0.417 e. The Labute approximate surface area is 152 Å². The van der Waals surface area contributed by atoms with Crippen LogP contribution in [0.5, 0.6) is 0 Å². The maximum atomic E-state index is 12.9. The van der Waals surface area contributed by atoms with E-state index >= 15 is 0 Å². The number of carbonyl (C=O) groups excluding carboxylic acids is 2. The summed E-state index contributed by atoms with van der Waals surface area (Å²) in [5.41, 5.74) is -0.880. The first kappa shape index (κ1) is 18.7. The molecular formula is C18H16F3N3O3. The number of amides is 2. The number of hydrogen-bond donors (Lipinski definition) is 1. The fraction of sp³-hybridized carbons (Fsp3) is 0.278. The molecule has 1 aromatic carbocycles. The summed E-state index contributed by atoms with van der Waals surface area (Å²) in [6.07, 6.45) is -3.98. The Bertz CT molecular complexity index is 953. The van der Waals surface area contributed by atoms with Crippen molar-refractivity contribution < 1.29 is 22.8 Å². The van der Waals surface area contributed by atoms with E-state index in [0.717, 1.165) is 10.6 Å². The van der Waals surface area contributed by atoms with Gasteiger partial charge in [0.1, 0.15) is 6.54 Å². The van der Waals surface area contributed by atoms with Crippen molar-refractivity contribution in [2.45, 2.75) is 32.1 Å².